The maximum atomic E-state index is 5.87. The van der Waals surface area contributed by atoms with Gasteiger partial charge in [-0.05, 0) is 27.2 Å². The van der Waals surface area contributed by atoms with Crippen molar-refractivity contribution in [2.45, 2.75) is 65.9 Å². The SMILES string of the molecule is CCCNc1cc(OC(C)(C)C)nc(C(C)(C)C)n1. The summed E-state index contributed by atoms with van der Waals surface area (Å²) in [4.78, 5) is 9.09. The van der Waals surface area contributed by atoms with Crippen molar-refractivity contribution in [1.82, 2.24) is 9.97 Å². The molecule has 0 fully saturated rings. The summed E-state index contributed by atoms with van der Waals surface area (Å²) in [5, 5.41) is 3.30. The van der Waals surface area contributed by atoms with Crippen LogP contribution in [0.15, 0.2) is 6.07 Å². The maximum absolute atomic E-state index is 5.87. The average Bonchev–Trinajstić information content (AvgIpc) is 2.22. The maximum Gasteiger partial charge on any atom is 0.219 e. The molecule has 0 atom stereocenters. The van der Waals surface area contributed by atoms with Crippen LogP contribution in [0.2, 0.25) is 0 Å². The summed E-state index contributed by atoms with van der Waals surface area (Å²) in [5.74, 6) is 2.26. The van der Waals surface area contributed by atoms with Gasteiger partial charge in [-0.25, -0.2) is 4.98 Å². The molecule has 1 aromatic rings. The minimum atomic E-state index is -0.258. The smallest absolute Gasteiger partial charge is 0.219 e. The summed E-state index contributed by atoms with van der Waals surface area (Å²) < 4.78 is 5.87. The fourth-order valence-electron chi connectivity index (χ4n) is 1.47. The molecule has 0 bridgehead atoms. The van der Waals surface area contributed by atoms with Crippen molar-refractivity contribution in [3.63, 3.8) is 0 Å². The number of aromatic nitrogens is 2. The highest BCUT2D eigenvalue weighted by Gasteiger charge is 2.21. The van der Waals surface area contributed by atoms with Crippen LogP contribution >= 0.6 is 0 Å². The number of nitrogens with one attached hydrogen (secondary N) is 1. The molecule has 0 amide bonds. The molecule has 19 heavy (non-hydrogen) atoms. The Bertz CT molecular complexity index is 416. The molecule has 0 aliphatic rings. The van der Waals surface area contributed by atoms with Gasteiger partial charge in [0.25, 0.3) is 0 Å². The van der Waals surface area contributed by atoms with Crippen LogP contribution in [0.3, 0.4) is 0 Å². The summed E-state index contributed by atoms with van der Waals surface area (Å²) in [5.41, 5.74) is -0.356. The summed E-state index contributed by atoms with van der Waals surface area (Å²) in [6.45, 7) is 15.4. The molecule has 0 aliphatic heterocycles. The van der Waals surface area contributed by atoms with E-state index in [0.29, 0.717) is 5.88 Å². The van der Waals surface area contributed by atoms with Crippen molar-refractivity contribution < 1.29 is 4.74 Å². The van der Waals surface area contributed by atoms with E-state index in [-0.39, 0.29) is 11.0 Å². The summed E-state index contributed by atoms with van der Waals surface area (Å²) in [6.07, 6.45) is 1.06. The first-order valence-electron chi connectivity index (χ1n) is 6.94. The van der Waals surface area contributed by atoms with E-state index in [4.69, 9.17) is 4.74 Å². The van der Waals surface area contributed by atoms with E-state index in [1.807, 2.05) is 26.8 Å². The van der Waals surface area contributed by atoms with E-state index in [9.17, 15) is 0 Å². The van der Waals surface area contributed by atoms with Gasteiger partial charge in [-0.2, -0.15) is 4.98 Å². The van der Waals surface area contributed by atoms with Gasteiger partial charge in [0.2, 0.25) is 5.88 Å². The molecule has 1 N–H and O–H groups in total. The number of nitrogens with zero attached hydrogens (tertiary/aromatic N) is 2. The van der Waals surface area contributed by atoms with Crippen molar-refractivity contribution in [3.8, 4) is 5.88 Å². The molecule has 0 unspecified atom stereocenters. The molecule has 0 spiro atoms. The third kappa shape index (κ3) is 5.45. The van der Waals surface area contributed by atoms with E-state index < -0.39 is 0 Å². The number of rotatable bonds is 4. The van der Waals surface area contributed by atoms with Crippen LogP contribution in [0.4, 0.5) is 5.82 Å². The lowest BCUT2D eigenvalue weighted by atomic mass is 9.96. The van der Waals surface area contributed by atoms with Gasteiger partial charge in [0, 0.05) is 18.0 Å². The largest absolute Gasteiger partial charge is 0.472 e. The van der Waals surface area contributed by atoms with Crippen molar-refractivity contribution in [1.29, 1.82) is 0 Å². The molecule has 0 radical (unpaired) electrons. The van der Waals surface area contributed by atoms with Crippen LogP contribution in [-0.2, 0) is 5.41 Å². The lowest BCUT2D eigenvalue weighted by molar-refractivity contribution is 0.123. The van der Waals surface area contributed by atoms with Crippen LogP contribution in [0.1, 0.15) is 60.7 Å². The number of anilines is 1. The molecule has 0 aromatic carbocycles. The van der Waals surface area contributed by atoms with Gasteiger partial charge in [0.05, 0.1) is 0 Å². The van der Waals surface area contributed by atoms with Gasteiger partial charge in [-0.15, -0.1) is 0 Å². The third-order valence-electron chi connectivity index (χ3n) is 2.34. The van der Waals surface area contributed by atoms with Crippen LogP contribution in [0.25, 0.3) is 0 Å². The Morgan fingerprint density at radius 2 is 1.74 bits per heavy atom. The van der Waals surface area contributed by atoms with Crippen LogP contribution in [-0.4, -0.2) is 22.1 Å². The standard InChI is InChI=1S/C15H27N3O/c1-8-9-16-11-10-12(19-15(5,6)7)18-13(17-11)14(2,3)4/h10H,8-9H2,1-7H3,(H,16,17,18). The number of hydrogen-bond donors (Lipinski definition) is 1. The Hall–Kier alpha value is -1.32. The van der Waals surface area contributed by atoms with Gasteiger partial charge in [-0.3, -0.25) is 0 Å². The lowest BCUT2D eigenvalue weighted by Gasteiger charge is -2.23. The monoisotopic (exact) mass is 265 g/mol. The number of ether oxygens (including phenoxy) is 1. The predicted octanol–water partition coefficient (Wildman–Crippen LogP) is 3.77. The zero-order chi connectivity index (χ0) is 14.7. The number of hydrogen-bond acceptors (Lipinski definition) is 4. The molecule has 108 valence electrons. The van der Waals surface area contributed by atoms with Crippen molar-refractivity contribution >= 4 is 5.82 Å². The van der Waals surface area contributed by atoms with Gasteiger partial charge >= 0.3 is 0 Å². The second-order valence-corrected chi connectivity index (χ2v) is 6.81. The van der Waals surface area contributed by atoms with Gasteiger partial charge in [-0.1, -0.05) is 27.7 Å². The van der Waals surface area contributed by atoms with Crippen molar-refractivity contribution in [2.24, 2.45) is 0 Å². The molecule has 0 saturated carbocycles. The average molecular weight is 265 g/mol. The van der Waals surface area contributed by atoms with E-state index in [1.54, 1.807) is 0 Å². The van der Waals surface area contributed by atoms with E-state index >= 15 is 0 Å². The van der Waals surface area contributed by atoms with E-state index in [1.165, 1.54) is 0 Å². The molecule has 4 heteroatoms. The Kier molecular flexibility index (Phi) is 4.77. The highest BCUT2D eigenvalue weighted by molar-refractivity contribution is 5.39. The van der Waals surface area contributed by atoms with Crippen molar-refractivity contribution in [3.05, 3.63) is 11.9 Å². The third-order valence-corrected chi connectivity index (χ3v) is 2.34. The second kappa shape index (κ2) is 5.76. The summed E-state index contributed by atoms with van der Waals surface area (Å²) in [6, 6.07) is 1.87. The molecule has 4 nitrogen and oxygen atoms in total. The van der Waals surface area contributed by atoms with Crippen LogP contribution < -0.4 is 10.1 Å². The van der Waals surface area contributed by atoms with Gasteiger partial charge in [0.1, 0.15) is 17.2 Å². The molecule has 1 rings (SSSR count). The zero-order valence-corrected chi connectivity index (χ0v) is 13.3. The van der Waals surface area contributed by atoms with Crippen molar-refractivity contribution in [2.75, 3.05) is 11.9 Å². The Balaban J connectivity index is 3.09. The van der Waals surface area contributed by atoms with Crippen LogP contribution in [0.5, 0.6) is 5.88 Å². The topological polar surface area (TPSA) is 47.0 Å². The first-order chi connectivity index (χ1) is 8.62. The molecule has 0 aliphatic carbocycles. The fourth-order valence-corrected chi connectivity index (χ4v) is 1.47. The van der Waals surface area contributed by atoms with E-state index in [0.717, 1.165) is 24.6 Å². The Morgan fingerprint density at radius 1 is 1.11 bits per heavy atom. The highest BCUT2D eigenvalue weighted by Crippen LogP contribution is 2.25. The first kappa shape index (κ1) is 15.7. The normalized spacial score (nSPS) is 12.4. The first-order valence-corrected chi connectivity index (χ1v) is 6.94. The van der Waals surface area contributed by atoms with Crippen LogP contribution in [0, 0.1) is 0 Å². The minimum Gasteiger partial charge on any atom is -0.472 e. The minimum absolute atomic E-state index is 0.0973. The molecule has 1 aromatic heterocycles. The molecule has 0 saturated heterocycles. The fraction of sp³-hybridized carbons (Fsp3) is 0.733. The summed E-state index contributed by atoms with van der Waals surface area (Å²) >= 11 is 0. The molecular formula is C15H27N3O. The second-order valence-electron chi connectivity index (χ2n) is 6.81. The quantitative estimate of drug-likeness (QED) is 0.900. The molecular weight excluding hydrogens is 238 g/mol. The molecule has 1 heterocycles. The van der Waals surface area contributed by atoms with Gasteiger partial charge in [0.15, 0.2) is 0 Å². The van der Waals surface area contributed by atoms with E-state index in [2.05, 4.69) is 43.0 Å². The summed E-state index contributed by atoms with van der Waals surface area (Å²) in [7, 11) is 0. The van der Waals surface area contributed by atoms with Gasteiger partial charge < -0.3 is 10.1 Å². The highest BCUT2D eigenvalue weighted by atomic mass is 16.5. The Labute approximate surface area is 117 Å². The Morgan fingerprint density at radius 3 is 2.21 bits per heavy atom. The zero-order valence-electron chi connectivity index (χ0n) is 13.3. The predicted molar refractivity (Wildman–Crippen MR) is 79.9 cm³/mol. The lowest BCUT2D eigenvalue weighted by Crippen LogP contribution is -2.25.